The van der Waals surface area contributed by atoms with Gasteiger partial charge in [-0.2, -0.15) is 0 Å². The van der Waals surface area contributed by atoms with Crippen LogP contribution in [0, 0.1) is 0 Å². The van der Waals surface area contributed by atoms with Gasteiger partial charge in [0.25, 0.3) is 11.7 Å². The van der Waals surface area contributed by atoms with Crippen LogP contribution in [0.1, 0.15) is 17.2 Å². The number of methoxy groups -OCH3 is 3. The monoisotopic (exact) mass is 413 g/mol. The third-order valence-electron chi connectivity index (χ3n) is 4.98. The molecule has 1 unspecified atom stereocenters. The standard InChI is InChI=1S/C22H23NO7/c1-28-16-10-6-14(7-11-16)20(25)18-19(13-4-8-15(24)9-5-13)23(22(27)21(18)26)12-17(29-2)30-3/h4-11,17,19,24-25H,12H2,1-3H3. The van der Waals surface area contributed by atoms with Crippen molar-refractivity contribution in [3.05, 3.63) is 65.2 Å². The molecule has 1 aliphatic rings. The number of likely N-dealkylation sites (tertiary alicyclic amines) is 1. The maximum atomic E-state index is 12.9. The molecule has 0 aromatic heterocycles. The van der Waals surface area contributed by atoms with Crippen LogP contribution in [0.2, 0.25) is 0 Å². The average Bonchev–Trinajstić information content (AvgIpc) is 3.02. The Morgan fingerprint density at radius 1 is 1.00 bits per heavy atom. The number of carbonyl (C=O) groups is 2. The molecule has 8 nitrogen and oxygen atoms in total. The predicted molar refractivity (Wildman–Crippen MR) is 108 cm³/mol. The topological polar surface area (TPSA) is 106 Å². The van der Waals surface area contributed by atoms with Crippen LogP contribution in [0.25, 0.3) is 5.76 Å². The number of phenolic OH excluding ortho intramolecular Hbond substituents is 1. The van der Waals surface area contributed by atoms with Gasteiger partial charge >= 0.3 is 0 Å². The van der Waals surface area contributed by atoms with Gasteiger partial charge in [0.05, 0.1) is 25.3 Å². The summed E-state index contributed by atoms with van der Waals surface area (Å²) < 4.78 is 15.5. The molecule has 3 rings (SSSR count). The van der Waals surface area contributed by atoms with Crippen molar-refractivity contribution in [3.8, 4) is 11.5 Å². The van der Waals surface area contributed by atoms with Gasteiger partial charge in [0.1, 0.15) is 17.3 Å². The van der Waals surface area contributed by atoms with Crippen LogP contribution < -0.4 is 4.74 Å². The molecule has 1 fully saturated rings. The molecule has 158 valence electrons. The number of carbonyl (C=O) groups excluding carboxylic acids is 2. The first-order valence-electron chi connectivity index (χ1n) is 9.18. The minimum Gasteiger partial charge on any atom is -0.508 e. The summed E-state index contributed by atoms with van der Waals surface area (Å²) in [5.41, 5.74) is 0.863. The SMILES string of the molecule is COc1ccc(C(O)=C2C(=O)C(=O)N(CC(OC)OC)C2c2ccc(O)cc2)cc1. The molecule has 1 saturated heterocycles. The fraction of sp³-hybridized carbons (Fsp3) is 0.273. The third kappa shape index (κ3) is 4.00. The average molecular weight is 413 g/mol. The minimum atomic E-state index is -0.875. The number of Topliss-reactive ketones (excluding diaryl/α,β-unsaturated/α-hetero) is 1. The van der Waals surface area contributed by atoms with Crippen molar-refractivity contribution < 1.29 is 34.0 Å². The second-order valence-corrected chi connectivity index (χ2v) is 6.67. The number of hydrogen-bond donors (Lipinski definition) is 2. The van der Waals surface area contributed by atoms with E-state index in [1.165, 1.54) is 38.4 Å². The van der Waals surface area contributed by atoms with E-state index in [1.807, 2.05) is 0 Å². The Kier molecular flexibility index (Phi) is 6.39. The number of hydrogen-bond acceptors (Lipinski definition) is 7. The summed E-state index contributed by atoms with van der Waals surface area (Å²) in [6.45, 7) is -0.0253. The van der Waals surface area contributed by atoms with E-state index in [4.69, 9.17) is 14.2 Å². The smallest absolute Gasteiger partial charge is 0.295 e. The Morgan fingerprint density at radius 3 is 2.13 bits per heavy atom. The molecular formula is C22H23NO7. The number of aliphatic hydroxyl groups is 1. The Bertz CT molecular complexity index is 946. The van der Waals surface area contributed by atoms with Gasteiger partial charge in [-0.1, -0.05) is 12.1 Å². The lowest BCUT2D eigenvalue weighted by Gasteiger charge is -2.28. The highest BCUT2D eigenvalue weighted by Gasteiger charge is 2.46. The first-order valence-corrected chi connectivity index (χ1v) is 9.18. The van der Waals surface area contributed by atoms with Crippen molar-refractivity contribution in [2.24, 2.45) is 0 Å². The maximum Gasteiger partial charge on any atom is 0.295 e. The van der Waals surface area contributed by atoms with Gasteiger partial charge in [-0.3, -0.25) is 9.59 Å². The number of ketones is 1. The summed E-state index contributed by atoms with van der Waals surface area (Å²) in [4.78, 5) is 27.0. The zero-order valence-corrected chi connectivity index (χ0v) is 16.9. The molecule has 0 aliphatic carbocycles. The largest absolute Gasteiger partial charge is 0.508 e. The quantitative estimate of drug-likeness (QED) is 0.311. The van der Waals surface area contributed by atoms with E-state index in [0.29, 0.717) is 16.9 Å². The van der Waals surface area contributed by atoms with Crippen molar-refractivity contribution in [2.45, 2.75) is 12.3 Å². The van der Waals surface area contributed by atoms with Crippen molar-refractivity contribution >= 4 is 17.4 Å². The van der Waals surface area contributed by atoms with E-state index in [2.05, 4.69) is 0 Å². The summed E-state index contributed by atoms with van der Waals surface area (Å²) >= 11 is 0. The lowest BCUT2D eigenvalue weighted by Crippen LogP contribution is -2.38. The molecule has 1 aliphatic heterocycles. The Labute approximate surface area is 173 Å². The Balaban J connectivity index is 2.13. The molecule has 2 aromatic rings. The number of nitrogens with zero attached hydrogens (tertiary/aromatic N) is 1. The lowest BCUT2D eigenvalue weighted by molar-refractivity contribution is -0.149. The first kappa shape index (κ1) is 21.4. The van der Waals surface area contributed by atoms with Gasteiger partial charge in [-0.05, 0) is 42.0 Å². The van der Waals surface area contributed by atoms with Gasteiger partial charge in [0.15, 0.2) is 6.29 Å². The minimum absolute atomic E-state index is 0.0253. The zero-order chi connectivity index (χ0) is 21.8. The number of amides is 1. The third-order valence-corrected chi connectivity index (χ3v) is 4.98. The molecular weight excluding hydrogens is 390 g/mol. The van der Waals surface area contributed by atoms with Crippen LogP contribution >= 0.6 is 0 Å². The number of aliphatic hydroxyl groups excluding tert-OH is 1. The Hall–Kier alpha value is -3.36. The van der Waals surface area contributed by atoms with Crippen molar-refractivity contribution in [3.63, 3.8) is 0 Å². The second-order valence-electron chi connectivity index (χ2n) is 6.67. The fourth-order valence-electron chi connectivity index (χ4n) is 3.38. The molecule has 2 aromatic carbocycles. The lowest BCUT2D eigenvalue weighted by atomic mass is 9.95. The van der Waals surface area contributed by atoms with Crippen LogP contribution in [-0.4, -0.2) is 61.0 Å². The van der Waals surface area contributed by atoms with Crippen LogP contribution in [-0.2, 0) is 19.1 Å². The van der Waals surface area contributed by atoms with E-state index >= 15 is 0 Å². The highest BCUT2D eigenvalue weighted by Crippen LogP contribution is 2.40. The van der Waals surface area contributed by atoms with Gasteiger partial charge in [0, 0.05) is 19.8 Å². The molecule has 1 amide bonds. The van der Waals surface area contributed by atoms with Gasteiger partial charge < -0.3 is 29.3 Å². The normalized spacial score (nSPS) is 18.3. The number of phenols is 1. The molecule has 0 saturated carbocycles. The molecule has 30 heavy (non-hydrogen) atoms. The second kappa shape index (κ2) is 8.98. The molecule has 0 spiro atoms. The number of benzene rings is 2. The van der Waals surface area contributed by atoms with E-state index < -0.39 is 24.0 Å². The number of aromatic hydroxyl groups is 1. The first-order chi connectivity index (χ1) is 14.4. The van der Waals surface area contributed by atoms with Crippen LogP contribution in [0.15, 0.2) is 54.1 Å². The van der Waals surface area contributed by atoms with Crippen LogP contribution in [0.5, 0.6) is 11.5 Å². The van der Waals surface area contributed by atoms with E-state index in [-0.39, 0.29) is 23.6 Å². The zero-order valence-electron chi connectivity index (χ0n) is 16.9. The Morgan fingerprint density at radius 2 is 1.60 bits per heavy atom. The molecule has 0 bridgehead atoms. The van der Waals surface area contributed by atoms with Gasteiger partial charge in [-0.15, -0.1) is 0 Å². The van der Waals surface area contributed by atoms with E-state index in [1.54, 1.807) is 36.4 Å². The molecule has 1 atom stereocenters. The van der Waals surface area contributed by atoms with Crippen molar-refractivity contribution in [2.75, 3.05) is 27.9 Å². The van der Waals surface area contributed by atoms with Crippen molar-refractivity contribution in [1.82, 2.24) is 4.90 Å². The molecule has 2 N–H and O–H groups in total. The van der Waals surface area contributed by atoms with Crippen LogP contribution in [0.4, 0.5) is 0 Å². The van der Waals surface area contributed by atoms with E-state index in [0.717, 1.165) is 0 Å². The predicted octanol–water partition coefficient (Wildman–Crippen LogP) is 2.44. The van der Waals surface area contributed by atoms with Gasteiger partial charge in [-0.25, -0.2) is 0 Å². The molecule has 1 heterocycles. The van der Waals surface area contributed by atoms with E-state index in [9.17, 15) is 19.8 Å². The summed E-state index contributed by atoms with van der Waals surface area (Å²) in [6.07, 6.45) is -0.760. The fourth-order valence-corrected chi connectivity index (χ4v) is 3.38. The van der Waals surface area contributed by atoms with Crippen molar-refractivity contribution in [1.29, 1.82) is 0 Å². The highest BCUT2D eigenvalue weighted by molar-refractivity contribution is 6.46. The number of ether oxygens (including phenoxy) is 3. The van der Waals surface area contributed by atoms with Crippen LogP contribution in [0.3, 0.4) is 0 Å². The highest BCUT2D eigenvalue weighted by atomic mass is 16.7. The maximum absolute atomic E-state index is 12.9. The number of rotatable bonds is 7. The summed E-state index contributed by atoms with van der Waals surface area (Å²) in [5.74, 6) is -1.26. The summed E-state index contributed by atoms with van der Waals surface area (Å²) in [5, 5.41) is 20.6. The van der Waals surface area contributed by atoms with Gasteiger partial charge in [0.2, 0.25) is 0 Å². The molecule has 8 heteroatoms. The summed E-state index contributed by atoms with van der Waals surface area (Å²) in [7, 11) is 4.38. The molecule has 0 radical (unpaired) electrons. The summed E-state index contributed by atoms with van der Waals surface area (Å²) in [6, 6.07) is 11.7.